The SMILES string of the molecule is Nc1ncccc1N1CCC(Cc2ccccc2)C1. The Bertz CT molecular complexity index is 539. The van der Waals surface area contributed by atoms with Crippen molar-refractivity contribution in [1.82, 2.24) is 4.98 Å². The molecule has 3 heteroatoms. The highest BCUT2D eigenvalue weighted by Crippen LogP contribution is 2.28. The van der Waals surface area contributed by atoms with Crippen LogP contribution < -0.4 is 10.6 Å². The zero-order valence-electron chi connectivity index (χ0n) is 11.0. The number of nitrogens with zero attached hydrogens (tertiary/aromatic N) is 2. The van der Waals surface area contributed by atoms with Crippen molar-refractivity contribution in [2.24, 2.45) is 5.92 Å². The van der Waals surface area contributed by atoms with Gasteiger partial charge in [-0.25, -0.2) is 4.98 Å². The van der Waals surface area contributed by atoms with Crippen molar-refractivity contribution in [2.45, 2.75) is 12.8 Å². The van der Waals surface area contributed by atoms with Crippen molar-refractivity contribution >= 4 is 11.5 Å². The number of pyridine rings is 1. The highest BCUT2D eigenvalue weighted by Gasteiger charge is 2.24. The molecule has 2 N–H and O–H groups in total. The number of nitrogens with two attached hydrogens (primary N) is 1. The standard InChI is InChI=1S/C16H19N3/c17-16-15(7-4-9-18-16)19-10-8-14(12-19)11-13-5-2-1-3-6-13/h1-7,9,14H,8,10-12H2,(H2,17,18). The van der Waals surface area contributed by atoms with Gasteiger partial charge >= 0.3 is 0 Å². The molecule has 1 aromatic heterocycles. The summed E-state index contributed by atoms with van der Waals surface area (Å²) in [6.45, 7) is 2.15. The minimum atomic E-state index is 0.642. The van der Waals surface area contributed by atoms with Crippen LogP contribution >= 0.6 is 0 Å². The molecule has 19 heavy (non-hydrogen) atoms. The van der Waals surface area contributed by atoms with Crippen LogP contribution in [0.3, 0.4) is 0 Å². The van der Waals surface area contributed by atoms with Gasteiger partial charge in [-0.3, -0.25) is 0 Å². The van der Waals surface area contributed by atoms with Crippen molar-refractivity contribution in [1.29, 1.82) is 0 Å². The summed E-state index contributed by atoms with van der Waals surface area (Å²) in [5.41, 5.74) is 8.45. The number of rotatable bonds is 3. The maximum Gasteiger partial charge on any atom is 0.146 e. The van der Waals surface area contributed by atoms with Gasteiger partial charge in [-0.2, -0.15) is 0 Å². The first-order valence-corrected chi connectivity index (χ1v) is 6.82. The summed E-state index contributed by atoms with van der Waals surface area (Å²) in [6, 6.07) is 14.7. The minimum absolute atomic E-state index is 0.642. The molecule has 3 nitrogen and oxygen atoms in total. The molecule has 2 aromatic rings. The van der Waals surface area contributed by atoms with Gasteiger partial charge < -0.3 is 10.6 Å². The van der Waals surface area contributed by atoms with Gasteiger partial charge in [0.2, 0.25) is 0 Å². The second-order valence-electron chi connectivity index (χ2n) is 5.20. The molecule has 0 bridgehead atoms. The fourth-order valence-corrected chi connectivity index (χ4v) is 2.84. The molecule has 1 fully saturated rings. The molecule has 1 aliphatic rings. The first-order chi connectivity index (χ1) is 9.33. The molecular formula is C16H19N3. The molecule has 0 radical (unpaired) electrons. The Labute approximate surface area is 114 Å². The van der Waals surface area contributed by atoms with E-state index < -0.39 is 0 Å². The van der Waals surface area contributed by atoms with Crippen molar-refractivity contribution in [3.8, 4) is 0 Å². The van der Waals surface area contributed by atoms with Crippen molar-refractivity contribution < 1.29 is 0 Å². The lowest BCUT2D eigenvalue weighted by Gasteiger charge is -2.19. The summed E-state index contributed by atoms with van der Waals surface area (Å²) in [5.74, 6) is 1.35. The predicted octanol–water partition coefficient (Wildman–Crippen LogP) is 2.73. The lowest BCUT2D eigenvalue weighted by Crippen LogP contribution is -2.21. The zero-order chi connectivity index (χ0) is 13.1. The molecule has 1 aliphatic heterocycles. The molecule has 2 heterocycles. The molecular weight excluding hydrogens is 234 g/mol. The number of nitrogen functional groups attached to an aromatic ring is 1. The number of hydrogen-bond donors (Lipinski definition) is 1. The van der Waals surface area contributed by atoms with E-state index in [1.165, 1.54) is 12.0 Å². The molecule has 0 saturated carbocycles. The lowest BCUT2D eigenvalue weighted by atomic mass is 9.99. The van der Waals surface area contributed by atoms with E-state index in [1.807, 2.05) is 6.07 Å². The zero-order valence-corrected chi connectivity index (χ0v) is 11.0. The Morgan fingerprint density at radius 3 is 2.79 bits per heavy atom. The van der Waals surface area contributed by atoms with E-state index in [1.54, 1.807) is 6.20 Å². The Morgan fingerprint density at radius 2 is 2.00 bits per heavy atom. The topological polar surface area (TPSA) is 42.1 Å². The maximum absolute atomic E-state index is 5.95. The van der Waals surface area contributed by atoms with Crippen LogP contribution in [0.4, 0.5) is 11.5 Å². The van der Waals surface area contributed by atoms with Gasteiger partial charge in [0.05, 0.1) is 5.69 Å². The largest absolute Gasteiger partial charge is 0.382 e. The first-order valence-electron chi connectivity index (χ1n) is 6.82. The Balaban J connectivity index is 1.66. The highest BCUT2D eigenvalue weighted by molar-refractivity contribution is 5.63. The van der Waals surface area contributed by atoms with Crippen LogP contribution in [0.25, 0.3) is 0 Å². The van der Waals surface area contributed by atoms with Crippen molar-refractivity contribution in [2.75, 3.05) is 23.7 Å². The molecule has 1 unspecified atom stereocenters. The molecule has 3 rings (SSSR count). The van der Waals surface area contributed by atoms with Crippen molar-refractivity contribution in [3.63, 3.8) is 0 Å². The van der Waals surface area contributed by atoms with Crippen molar-refractivity contribution in [3.05, 3.63) is 54.2 Å². The molecule has 0 spiro atoms. The number of aromatic nitrogens is 1. The monoisotopic (exact) mass is 253 g/mol. The van der Waals surface area contributed by atoms with E-state index in [9.17, 15) is 0 Å². The van der Waals surface area contributed by atoms with E-state index >= 15 is 0 Å². The summed E-state index contributed by atoms with van der Waals surface area (Å²) >= 11 is 0. The van der Waals surface area contributed by atoms with E-state index in [4.69, 9.17) is 5.73 Å². The third-order valence-corrected chi connectivity index (χ3v) is 3.81. The van der Waals surface area contributed by atoms with Crippen LogP contribution in [0.15, 0.2) is 48.7 Å². The van der Waals surface area contributed by atoms with Crippen LogP contribution in [-0.4, -0.2) is 18.1 Å². The third-order valence-electron chi connectivity index (χ3n) is 3.81. The molecule has 0 amide bonds. The first kappa shape index (κ1) is 12.0. The summed E-state index contributed by atoms with van der Waals surface area (Å²) in [7, 11) is 0. The average Bonchev–Trinajstić information content (AvgIpc) is 2.89. The quantitative estimate of drug-likeness (QED) is 0.914. The molecule has 1 saturated heterocycles. The van der Waals surface area contributed by atoms with Crippen LogP contribution in [-0.2, 0) is 6.42 Å². The second kappa shape index (κ2) is 5.31. The Kier molecular flexibility index (Phi) is 3.36. The van der Waals surface area contributed by atoms with Gasteiger partial charge in [0.1, 0.15) is 5.82 Å². The summed E-state index contributed by atoms with van der Waals surface area (Å²) < 4.78 is 0. The number of anilines is 2. The minimum Gasteiger partial charge on any atom is -0.382 e. The fraction of sp³-hybridized carbons (Fsp3) is 0.312. The van der Waals surface area contributed by atoms with Gasteiger partial charge in [-0.05, 0) is 36.5 Å². The smallest absolute Gasteiger partial charge is 0.146 e. The van der Waals surface area contributed by atoms with Crippen LogP contribution in [0.2, 0.25) is 0 Å². The van der Waals surface area contributed by atoms with Crippen LogP contribution in [0.5, 0.6) is 0 Å². The van der Waals surface area contributed by atoms with E-state index in [-0.39, 0.29) is 0 Å². The van der Waals surface area contributed by atoms with Gasteiger partial charge in [0, 0.05) is 19.3 Å². The number of benzene rings is 1. The van der Waals surface area contributed by atoms with E-state index in [2.05, 4.69) is 46.3 Å². The molecule has 1 aromatic carbocycles. The Morgan fingerprint density at radius 1 is 1.16 bits per heavy atom. The predicted molar refractivity (Wildman–Crippen MR) is 79.1 cm³/mol. The number of hydrogen-bond acceptors (Lipinski definition) is 3. The highest BCUT2D eigenvalue weighted by atomic mass is 15.2. The fourth-order valence-electron chi connectivity index (χ4n) is 2.84. The normalized spacial score (nSPS) is 18.7. The van der Waals surface area contributed by atoms with Gasteiger partial charge in [0.25, 0.3) is 0 Å². The molecule has 0 aliphatic carbocycles. The third kappa shape index (κ3) is 2.70. The van der Waals surface area contributed by atoms with Gasteiger partial charge in [-0.1, -0.05) is 30.3 Å². The van der Waals surface area contributed by atoms with Crippen LogP contribution in [0, 0.1) is 5.92 Å². The molecule has 1 atom stereocenters. The summed E-state index contributed by atoms with van der Waals surface area (Å²) in [4.78, 5) is 6.53. The van der Waals surface area contributed by atoms with E-state index in [0.717, 1.165) is 25.2 Å². The maximum atomic E-state index is 5.95. The second-order valence-corrected chi connectivity index (χ2v) is 5.20. The molecule has 98 valence electrons. The average molecular weight is 253 g/mol. The van der Waals surface area contributed by atoms with Gasteiger partial charge in [-0.15, -0.1) is 0 Å². The summed E-state index contributed by atoms with van der Waals surface area (Å²) in [6.07, 6.45) is 4.12. The Hall–Kier alpha value is -2.03. The van der Waals surface area contributed by atoms with Crippen LogP contribution in [0.1, 0.15) is 12.0 Å². The van der Waals surface area contributed by atoms with E-state index in [0.29, 0.717) is 11.7 Å². The lowest BCUT2D eigenvalue weighted by molar-refractivity contribution is 0.586. The summed E-state index contributed by atoms with van der Waals surface area (Å²) in [5, 5.41) is 0. The van der Waals surface area contributed by atoms with Gasteiger partial charge in [0.15, 0.2) is 0 Å².